The van der Waals surface area contributed by atoms with Crippen LogP contribution in [0.4, 0.5) is 0 Å². The van der Waals surface area contributed by atoms with Gasteiger partial charge < -0.3 is 15.7 Å². The monoisotopic (exact) mass is 302 g/mol. The van der Waals surface area contributed by atoms with Gasteiger partial charge in [-0.1, -0.05) is 12.8 Å². The molecule has 0 bridgehead atoms. The van der Waals surface area contributed by atoms with E-state index in [2.05, 4.69) is 10.6 Å². The van der Waals surface area contributed by atoms with Crippen LogP contribution in [0, 0.1) is 5.92 Å². The SMILES string of the molecule is O=C(CCNC(=O)C1CCCC1)NCCSCCCO. The van der Waals surface area contributed by atoms with Crippen molar-refractivity contribution < 1.29 is 14.7 Å². The molecule has 0 aromatic heterocycles. The van der Waals surface area contributed by atoms with E-state index >= 15 is 0 Å². The molecule has 0 radical (unpaired) electrons. The van der Waals surface area contributed by atoms with Gasteiger partial charge in [0.2, 0.25) is 11.8 Å². The van der Waals surface area contributed by atoms with E-state index in [9.17, 15) is 9.59 Å². The van der Waals surface area contributed by atoms with Crippen molar-refractivity contribution in [1.82, 2.24) is 10.6 Å². The highest BCUT2D eigenvalue weighted by Gasteiger charge is 2.22. The molecule has 1 aliphatic rings. The minimum atomic E-state index is -0.0144. The first-order valence-corrected chi connectivity index (χ1v) is 8.62. The molecule has 0 aliphatic heterocycles. The van der Waals surface area contributed by atoms with Crippen LogP contribution in [0.5, 0.6) is 0 Å². The maximum Gasteiger partial charge on any atom is 0.223 e. The van der Waals surface area contributed by atoms with Gasteiger partial charge in [-0.25, -0.2) is 0 Å². The molecule has 0 spiro atoms. The predicted octanol–water partition coefficient (Wildman–Crippen LogP) is 0.915. The average Bonchev–Trinajstić information content (AvgIpc) is 2.96. The van der Waals surface area contributed by atoms with Crippen molar-refractivity contribution in [2.24, 2.45) is 5.92 Å². The zero-order valence-corrected chi connectivity index (χ0v) is 12.8. The lowest BCUT2D eigenvalue weighted by Gasteiger charge is -2.10. The summed E-state index contributed by atoms with van der Waals surface area (Å²) >= 11 is 1.72. The first-order chi connectivity index (χ1) is 9.74. The molecule has 0 atom stereocenters. The second kappa shape index (κ2) is 11.0. The Hall–Kier alpha value is -0.750. The number of nitrogens with one attached hydrogen (secondary N) is 2. The number of rotatable bonds is 10. The summed E-state index contributed by atoms with van der Waals surface area (Å²) in [5, 5.41) is 14.3. The Balaban J connectivity index is 1.93. The molecule has 20 heavy (non-hydrogen) atoms. The highest BCUT2D eigenvalue weighted by atomic mass is 32.2. The highest BCUT2D eigenvalue weighted by Crippen LogP contribution is 2.24. The molecule has 0 unspecified atom stereocenters. The number of carbonyl (C=O) groups excluding carboxylic acids is 2. The normalized spacial score (nSPS) is 15.2. The van der Waals surface area contributed by atoms with Crippen molar-refractivity contribution in [3.8, 4) is 0 Å². The molecule has 1 saturated carbocycles. The zero-order valence-electron chi connectivity index (χ0n) is 12.0. The number of carbonyl (C=O) groups is 2. The van der Waals surface area contributed by atoms with Crippen LogP contribution in [-0.2, 0) is 9.59 Å². The third-order valence-corrected chi connectivity index (χ3v) is 4.46. The van der Waals surface area contributed by atoms with Crippen LogP contribution < -0.4 is 10.6 Å². The molecular formula is C14H26N2O3S. The summed E-state index contributed by atoms with van der Waals surface area (Å²) < 4.78 is 0. The molecule has 1 aliphatic carbocycles. The van der Waals surface area contributed by atoms with E-state index in [1.807, 2.05) is 0 Å². The van der Waals surface area contributed by atoms with Gasteiger partial charge in [0.05, 0.1) is 0 Å². The van der Waals surface area contributed by atoms with Gasteiger partial charge in [-0.15, -0.1) is 0 Å². The van der Waals surface area contributed by atoms with Crippen LogP contribution in [-0.4, -0.2) is 48.1 Å². The van der Waals surface area contributed by atoms with Crippen molar-refractivity contribution in [3.05, 3.63) is 0 Å². The maximum atomic E-state index is 11.7. The van der Waals surface area contributed by atoms with Crippen molar-refractivity contribution in [3.63, 3.8) is 0 Å². The summed E-state index contributed by atoms with van der Waals surface area (Å²) in [5.74, 6) is 2.04. The smallest absolute Gasteiger partial charge is 0.223 e. The number of hydrogen-bond acceptors (Lipinski definition) is 4. The molecule has 0 saturated heterocycles. The van der Waals surface area contributed by atoms with E-state index < -0.39 is 0 Å². The van der Waals surface area contributed by atoms with Crippen molar-refractivity contribution in [2.75, 3.05) is 31.2 Å². The number of thioether (sulfide) groups is 1. The van der Waals surface area contributed by atoms with Crippen molar-refractivity contribution >= 4 is 23.6 Å². The summed E-state index contributed by atoms with van der Waals surface area (Å²) in [7, 11) is 0. The number of amides is 2. The quantitative estimate of drug-likeness (QED) is 0.524. The van der Waals surface area contributed by atoms with E-state index in [0.29, 0.717) is 19.5 Å². The van der Waals surface area contributed by atoms with Gasteiger partial charge in [0.25, 0.3) is 0 Å². The van der Waals surface area contributed by atoms with E-state index in [4.69, 9.17) is 5.11 Å². The van der Waals surface area contributed by atoms with Gasteiger partial charge >= 0.3 is 0 Å². The van der Waals surface area contributed by atoms with Gasteiger partial charge in [0.1, 0.15) is 0 Å². The molecule has 1 rings (SSSR count). The molecule has 5 nitrogen and oxygen atoms in total. The molecule has 116 valence electrons. The molecule has 0 aromatic rings. The summed E-state index contributed by atoms with van der Waals surface area (Å²) in [6.07, 6.45) is 5.41. The van der Waals surface area contributed by atoms with Crippen LogP contribution in [0.25, 0.3) is 0 Å². The van der Waals surface area contributed by atoms with E-state index in [0.717, 1.165) is 43.6 Å². The Labute approximate surface area is 125 Å². The Morgan fingerprint density at radius 1 is 1.10 bits per heavy atom. The first-order valence-electron chi connectivity index (χ1n) is 7.47. The summed E-state index contributed by atoms with van der Waals surface area (Å²) in [6, 6.07) is 0. The van der Waals surface area contributed by atoms with Gasteiger partial charge in [0, 0.05) is 37.8 Å². The molecule has 6 heteroatoms. The van der Waals surface area contributed by atoms with Crippen molar-refractivity contribution in [1.29, 1.82) is 0 Å². The van der Waals surface area contributed by atoms with Gasteiger partial charge in [0.15, 0.2) is 0 Å². The van der Waals surface area contributed by atoms with E-state index in [1.165, 1.54) is 0 Å². The van der Waals surface area contributed by atoms with Gasteiger partial charge in [-0.05, 0) is 25.0 Å². The number of aliphatic hydroxyl groups is 1. The Kier molecular flexibility index (Phi) is 9.49. The minimum Gasteiger partial charge on any atom is -0.396 e. The van der Waals surface area contributed by atoms with E-state index in [1.54, 1.807) is 11.8 Å². The molecule has 1 fully saturated rings. The molecule has 0 heterocycles. The Bertz CT molecular complexity index is 294. The lowest BCUT2D eigenvalue weighted by atomic mass is 10.1. The zero-order chi connectivity index (χ0) is 14.6. The van der Waals surface area contributed by atoms with Crippen molar-refractivity contribution in [2.45, 2.75) is 38.5 Å². The van der Waals surface area contributed by atoms with Crippen LogP contribution in [0.15, 0.2) is 0 Å². The largest absolute Gasteiger partial charge is 0.396 e. The number of hydrogen-bond donors (Lipinski definition) is 3. The van der Waals surface area contributed by atoms with Gasteiger partial charge in [-0.2, -0.15) is 11.8 Å². The number of aliphatic hydroxyl groups excluding tert-OH is 1. The third kappa shape index (κ3) is 7.75. The molecule has 2 amide bonds. The summed E-state index contributed by atoms with van der Waals surface area (Å²) in [5.41, 5.74) is 0. The van der Waals surface area contributed by atoms with E-state index in [-0.39, 0.29) is 24.3 Å². The predicted molar refractivity (Wildman–Crippen MR) is 81.6 cm³/mol. The standard InChI is InChI=1S/C14H26N2O3S/c17-9-3-10-20-11-8-15-13(18)6-7-16-14(19)12-4-1-2-5-12/h12,17H,1-11H2,(H,15,18)(H,16,19). The summed E-state index contributed by atoms with van der Waals surface area (Å²) in [4.78, 5) is 23.2. The van der Waals surface area contributed by atoms with Crippen LogP contribution >= 0.6 is 11.8 Å². The molecule has 0 aromatic carbocycles. The lowest BCUT2D eigenvalue weighted by molar-refractivity contribution is -0.125. The van der Waals surface area contributed by atoms with Crippen LogP contribution in [0.2, 0.25) is 0 Å². The first kappa shape index (κ1) is 17.3. The minimum absolute atomic E-state index is 0.0144. The maximum absolute atomic E-state index is 11.7. The molecule has 3 N–H and O–H groups in total. The molecular weight excluding hydrogens is 276 g/mol. The summed E-state index contributed by atoms with van der Waals surface area (Å²) in [6.45, 7) is 1.30. The Morgan fingerprint density at radius 2 is 1.85 bits per heavy atom. The second-order valence-corrected chi connectivity index (χ2v) is 6.29. The lowest BCUT2D eigenvalue weighted by Crippen LogP contribution is -2.34. The Morgan fingerprint density at radius 3 is 2.55 bits per heavy atom. The second-order valence-electron chi connectivity index (χ2n) is 5.06. The topological polar surface area (TPSA) is 78.4 Å². The fourth-order valence-electron chi connectivity index (χ4n) is 2.25. The van der Waals surface area contributed by atoms with Gasteiger partial charge in [-0.3, -0.25) is 9.59 Å². The fourth-order valence-corrected chi connectivity index (χ4v) is 3.03. The average molecular weight is 302 g/mol. The fraction of sp³-hybridized carbons (Fsp3) is 0.857. The van der Waals surface area contributed by atoms with Crippen LogP contribution in [0.1, 0.15) is 38.5 Å². The third-order valence-electron chi connectivity index (χ3n) is 3.39. The highest BCUT2D eigenvalue weighted by molar-refractivity contribution is 7.99. The van der Waals surface area contributed by atoms with Crippen LogP contribution in [0.3, 0.4) is 0 Å².